The van der Waals surface area contributed by atoms with Crippen LogP contribution in [0.15, 0.2) is 98.1 Å². The van der Waals surface area contributed by atoms with Crippen molar-refractivity contribution in [1.29, 1.82) is 0 Å². The minimum absolute atomic E-state index is 0.00136. The Morgan fingerprint density at radius 3 is 1.94 bits per heavy atom. The van der Waals surface area contributed by atoms with E-state index in [-0.39, 0.29) is 39.5 Å². The molecule has 0 saturated carbocycles. The second-order valence-electron chi connectivity index (χ2n) is 8.10. The van der Waals surface area contributed by atoms with Gasteiger partial charge in [-0.2, -0.15) is 0 Å². The molecule has 9 nitrogen and oxygen atoms in total. The number of ketones is 1. The van der Waals surface area contributed by atoms with E-state index in [0.717, 1.165) is 29.2 Å². The zero-order valence-corrected chi connectivity index (χ0v) is 20.0. The minimum Gasteiger partial charge on any atom is -0.871 e. The summed E-state index contributed by atoms with van der Waals surface area (Å²) in [5, 5.41) is 12.7. The maximum atomic E-state index is 12.9. The van der Waals surface area contributed by atoms with Gasteiger partial charge in [-0.3, -0.25) is 19.3 Å². The van der Waals surface area contributed by atoms with E-state index in [2.05, 4.69) is 0 Å². The van der Waals surface area contributed by atoms with E-state index < -0.39 is 52.8 Å². The van der Waals surface area contributed by atoms with Crippen molar-refractivity contribution in [2.75, 3.05) is 0 Å². The lowest BCUT2D eigenvalue weighted by molar-refractivity contribution is -0.244. The van der Waals surface area contributed by atoms with Gasteiger partial charge in [-0.05, 0) is 48.1 Å². The van der Waals surface area contributed by atoms with Crippen LogP contribution < -0.4 is 5.11 Å². The van der Waals surface area contributed by atoms with Crippen LogP contribution in [0, 0.1) is 0 Å². The Morgan fingerprint density at radius 2 is 1.36 bits per heavy atom. The van der Waals surface area contributed by atoms with Gasteiger partial charge in [0.1, 0.15) is 4.91 Å². The standard InChI is InChI=1S/C25H17NO8S2/c27-22-13-14-23(28)26(22)15(9-11-20-24(29)16-5-1-3-7-18(16)35(20,31)32)10-12-21-25(30)17-6-2-4-8-19(17)36(21,33)34/h1-12,29H,13-14H2/p-1. The number of nitrogens with zero attached hydrogens (tertiary/aromatic N) is 1. The molecule has 0 atom stereocenters. The fourth-order valence-electron chi connectivity index (χ4n) is 4.25. The predicted molar refractivity (Wildman–Crippen MR) is 125 cm³/mol. The first-order valence-corrected chi connectivity index (χ1v) is 13.6. The van der Waals surface area contributed by atoms with Crippen molar-refractivity contribution in [1.82, 2.24) is 4.90 Å². The van der Waals surface area contributed by atoms with Gasteiger partial charge in [0, 0.05) is 18.4 Å². The second kappa shape index (κ2) is 8.25. The first kappa shape index (κ1) is 23.6. The summed E-state index contributed by atoms with van der Waals surface area (Å²) >= 11 is 0. The number of rotatable bonds is 4. The molecule has 36 heavy (non-hydrogen) atoms. The number of Topliss-reactive ketones (excluding diaryl/α,β-unsaturated/α-hetero) is 1. The molecule has 0 N–H and O–H groups in total. The van der Waals surface area contributed by atoms with Crippen molar-refractivity contribution in [3.05, 3.63) is 99.5 Å². The molecule has 3 heterocycles. The molecular formula is C25H16NO8S2-. The average Bonchev–Trinajstić information content (AvgIpc) is 3.36. The highest BCUT2D eigenvalue weighted by Crippen LogP contribution is 2.37. The first-order valence-electron chi connectivity index (χ1n) is 10.7. The van der Waals surface area contributed by atoms with Crippen LogP contribution in [0.5, 0.6) is 0 Å². The molecule has 0 spiro atoms. The molecule has 3 aliphatic heterocycles. The van der Waals surface area contributed by atoms with Crippen molar-refractivity contribution < 1.29 is 36.3 Å². The van der Waals surface area contributed by atoms with Gasteiger partial charge >= 0.3 is 0 Å². The molecule has 3 aliphatic rings. The number of carbonyl (C=O) groups is 3. The minimum atomic E-state index is -4.14. The van der Waals surface area contributed by atoms with Crippen LogP contribution in [0.1, 0.15) is 28.8 Å². The lowest BCUT2D eigenvalue weighted by Crippen LogP contribution is -2.27. The quantitative estimate of drug-likeness (QED) is 0.335. The molecule has 2 aromatic carbocycles. The monoisotopic (exact) mass is 522 g/mol. The number of imide groups is 1. The Morgan fingerprint density at radius 1 is 0.806 bits per heavy atom. The molecule has 0 bridgehead atoms. The molecule has 0 radical (unpaired) electrons. The number of amides is 2. The molecule has 0 unspecified atom stereocenters. The van der Waals surface area contributed by atoms with Crippen molar-refractivity contribution >= 4 is 43.0 Å². The highest BCUT2D eigenvalue weighted by Gasteiger charge is 2.39. The maximum Gasteiger partial charge on any atom is 0.234 e. The predicted octanol–water partition coefficient (Wildman–Crippen LogP) is 1.65. The maximum absolute atomic E-state index is 12.9. The van der Waals surface area contributed by atoms with E-state index in [1.807, 2.05) is 0 Å². The summed E-state index contributed by atoms with van der Waals surface area (Å²) in [5.41, 5.74) is -0.183. The Kier molecular flexibility index (Phi) is 5.42. The van der Waals surface area contributed by atoms with Crippen LogP contribution in [0.25, 0.3) is 5.76 Å². The van der Waals surface area contributed by atoms with Crippen molar-refractivity contribution in [3.8, 4) is 0 Å². The van der Waals surface area contributed by atoms with Gasteiger partial charge in [-0.15, -0.1) is 0 Å². The molecule has 5 rings (SSSR count). The molecule has 1 fully saturated rings. The van der Waals surface area contributed by atoms with E-state index in [0.29, 0.717) is 0 Å². The van der Waals surface area contributed by atoms with Crippen molar-refractivity contribution in [3.63, 3.8) is 0 Å². The molecular weight excluding hydrogens is 506 g/mol. The Bertz CT molecular complexity index is 1710. The van der Waals surface area contributed by atoms with E-state index in [1.54, 1.807) is 0 Å². The summed E-state index contributed by atoms with van der Waals surface area (Å²) in [6, 6.07) is 11.3. The number of benzene rings is 2. The largest absolute Gasteiger partial charge is 0.871 e. The summed E-state index contributed by atoms with van der Waals surface area (Å²) in [6.07, 6.45) is 3.91. The van der Waals surface area contributed by atoms with Gasteiger partial charge in [0.15, 0.2) is 0 Å². The van der Waals surface area contributed by atoms with Crippen molar-refractivity contribution in [2.24, 2.45) is 0 Å². The van der Waals surface area contributed by atoms with Crippen LogP contribution in [0.2, 0.25) is 0 Å². The van der Waals surface area contributed by atoms with Crippen LogP contribution in [-0.4, -0.2) is 39.3 Å². The van der Waals surface area contributed by atoms with Gasteiger partial charge in [-0.25, -0.2) is 16.8 Å². The number of fused-ring (bicyclic) bond motifs is 2. The third-order valence-corrected chi connectivity index (χ3v) is 9.66. The third kappa shape index (κ3) is 3.47. The number of hydrogen-bond acceptors (Lipinski definition) is 8. The van der Waals surface area contributed by atoms with E-state index in [1.165, 1.54) is 48.5 Å². The molecule has 0 aromatic heterocycles. The summed E-state index contributed by atoms with van der Waals surface area (Å²) in [5.74, 6) is -2.68. The summed E-state index contributed by atoms with van der Waals surface area (Å²) in [7, 11) is -8.27. The second-order valence-corrected chi connectivity index (χ2v) is 11.9. The number of sulfone groups is 2. The highest BCUT2D eigenvalue weighted by atomic mass is 32.2. The SMILES string of the molecule is O=C1C(=CC=C(C=CC2=C([O-])c3ccccc3S2(=O)=O)N2C(=O)CCC2=O)S(=O)(=O)c2ccccc21. The van der Waals surface area contributed by atoms with Crippen molar-refractivity contribution in [2.45, 2.75) is 22.6 Å². The lowest BCUT2D eigenvalue weighted by Gasteiger charge is -2.15. The van der Waals surface area contributed by atoms with Crippen LogP contribution in [0.4, 0.5) is 0 Å². The topological polar surface area (TPSA) is 146 Å². The van der Waals surface area contributed by atoms with E-state index in [9.17, 15) is 36.3 Å². The van der Waals surface area contributed by atoms with Crippen LogP contribution >= 0.6 is 0 Å². The normalized spacial score (nSPS) is 21.7. The first-order chi connectivity index (χ1) is 17.0. The zero-order chi connectivity index (χ0) is 25.8. The Balaban J connectivity index is 1.61. The Hall–Kier alpha value is -4.09. The molecule has 2 aromatic rings. The number of allylic oxidation sites excluding steroid dienone is 5. The van der Waals surface area contributed by atoms with Gasteiger partial charge in [0.25, 0.3) is 0 Å². The fraction of sp³-hybridized carbons (Fsp3) is 0.0800. The van der Waals surface area contributed by atoms with Crippen LogP contribution in [-0.2, 0) is 29.3 Å². The van der Waals surface area contributed by atoms with Gasteiger partial charge < -0.3 is 5.11 Å². The smallest absolute Gasteiger partial charge is 0.234 e. The highest BCUT2D eigenvalue weighted by molar-refractivity contribution is 7.97. The summed E-state index contributed by atoms with van der Waals surface area (Å²) in [4.78, 5) is 36.9. The molecule has 2 amide bonds. The van der Waals surface area contributed by atoms with Crippen LogP contribution in [0.3, 0.4) is 0 Å². The number of carbonyl (C=O) groups excluding carboxylic acids is 3. The molecule has 0 aliphatic carbocycles. The summed E-state index contributed by atoms with van der Waals surface area (Å²) < 4.78 is 51.5. The Labute approximate surface area is 206 Å². The number of hydrogen-bond donors (Lipinski definition) is 0. The zero-order valence-electron chi connectivity index (χ0n) is 18.4. The fourth-order valence-corrected chi connectivity index (χ4v) is 7.34. The molecule has 182 valence electrons. The van der Waals surface area contributed by atoms with E-state index in [4.69, 9.17) is 0 Å². The lowest BCUT2D eigenvalue weighted by atomic mass is 10.1. The van der Waals surface area contributed by atoms with Gasteiger partial charge in [0.05, 0.1) is 20.4 Å². The van der Waals surface area contributed by atoms with Gasteiger partial charge in [-0.1, -0.05) is 36.1 Å². The molecule has 1 saturated heterocycles. The average molecular weight is 523 g/mol. The molecule has 11 heteroatoms. The third-order valence-electron chi connectivity index (χ3n) is 5.99. The summed E-state index contributed by atoms with van der Waals surface area (Å²) in [6.45, 7) is 0. The number of likely N-dealkylation sites (tertiary alicyclic amines) is 1. The van der Waals surface area contributed by atoms with E-state index >= 15 is 0 Å². The van der Waals surface area contributed by atoms with Gasteiger partial charge in [0.2, 0.25) is 37.3 Å².